The van der Waals surface area contributed by atoms with Gasteiger partial charge in [0.1, 0.15) is 0 Å². The Hall–Kier alpha value is -1.03. The van der Waals surface area contributed by atoms with Crippen molar-refractivity contribution in [1.82, 2.24) is 0 Å². The van der Waals surface area contributed by atoms with Gasteiger partial charge in [0.2, 0.25) is 0 Å². The third-order valence-corrected chi connectivity index (χ3v) is 4.91. The van der Waals surface area contributed by atoms with Gasteiger partial charge < -0.3 is 5.32 Å². The van der Waals surface area contributed by atoms with Crippen molar-refractivity contribution in [3.8, 4) is 0 Å². The van der Waals surface area contributed by atoms with Gasteiger partial charge in [-0.15, -0.1) is 0 Å². The number of sulfone groups is 1. The lowest BCUT2D eigenvalue weighted by Gasteiger charge is -2.16. The van der Waals surface area contributed by atoms with Crippen molar-refractivity contribution in [2.75, 3.05) is 17.6 Å². The smallest absolute Gasteiger partial charge is 0.178 e. The molecule has 1 N–H and O–H groups in total. The van der Waals surface area contributed by atoms with Crippen LogP contribution in [0, 0.1) is 0 Å². The van der Waals surface area contributed by atoms with Crippen LogP contribution in [0.25, 0.3) is 0 Å². The van der Waals surface area contributed by atoms with Gasteiger partial charge in [0.05, 0.1) is 10.6 Å². The number of rotatable bonds is 2. The quantitative estimate of drug-likeness (QED) is 0.860. The summed E-state index contributed by atoms with van der Waals surface area (Å²) in [6.45, 7) is 6.83. The van der Waals surface area contributed by atoms with Crippen LogP contribution in [0.15, 0.2) is 23.1 Å². The zero-order chi connectivity index (χ0) is 12.0. The molecule has 0 amide bonds. The molecule has 0 spiro atoms. The average molecular weight is 239 g/mol. The number of hydrogen-bond donors (Lipinski definition) is 1. The number of benzene rings is 1. The topological polar surface area (TPSA) is 46.2 Å². The minimum atomic E-state index is -3.10. The second kappa shape index (κ2) is 3.48. The monoisotopic (exact) mass is 239 g/mol. The molecule has 2 rings (SSSR count). The SMILES string of the molecule is CCS(=O)(=O)c1ccc2c(c1)NCC2(C)C. The maximum absolute atomic E-state index is 11.7. The zero-order valence-corrected chi connectivity index (χ0v) is 10.7. The summed E-state index contributed by atoms with van der Waals surface area (Å²) in [6, 6.07) is 5.40. The van der Waals surface area contributed by atoms with Crippen molar-refractivity contribution in [1.29, 1.82) is 0 Å². The van der Waals surface area contributed by atoms with Gasteiger partial charge in [0.15, 0.2) is 9.84 Å². The first-order chi connectivity index (χ1) is 7.37. The van der Waals surface area contributed by atoms with Gasteiger partial charge in [-0.3, -0.25) is 0 Å². The summed E-state index contributed by atoms with van der Waals surface area (Å²) < 4.78 is 23.5. The number of nitrogens with one attached hydrogen (secondary N) is 1. The zero-order valence-electron chi connectivity index (χ0n) is 9.87. The van der Waals surface area contributed by atoms with Crippen LogP contribution in [0.2, 0.25) is 0 Å². The van der Waals surface area contributed by atoms with Gasteiger partial charge in [-0.25, -0.2) is 8.42 Å². The van der Waals surface area contributed by atoms with Crippen LogP contribution >= 0.6 is 0 Å². The van der Waals surface area contributed by atoms with Crippen molar-refractivity contribution in [3.05, 3.63) is 23.8 Å². The number of hydrogen-bond acceptors (Lipinski definition) is 3. The van der Waals surface area contributed by atoms with Crippen LogP contribution in [0.3, 0.4) is 0 Å². The summed E-state index contributed by atoms with van der Waals surface area (Å²) in [7, 11) is -3.10. The summed E-state index contributed by atoms with van der Waals surface area (Å²) in [5, 5.41) is 3.26. The summed E-state index contributed by atoms with van der Waals surface area (Å²) in [5.41, 5.74) is 2.24. The third kappa shape index (κ3) is 1.71. The molecule has 0 fully saturated rings. The lowest BCUT2D eigenvalue weighted by atomic mass is 9.87. The highest BCUT2D eigenvalue weighted by atomic mass is 32.2. The van der Waals surface area contributed by atoms with Crippen molar-refractivity contribution in [3.63, 3.8) is 0 Å². The fourth-order valence-electron chi connectivity index (χ4n) is 2.03. The molecule has 4 heteroatoms. The van der Waals surface area contributed by atoms with Gasteiger partial charge in [-0.05, 0) is 17.7 Å². The molecule has 3 nitrogen and oxygen atoms in total. The van der Waals surface area contributed by atoms with E-state index in [1.807, 2.05) is 6.07 Å². The Balaban J connectivity index is 2.52. The average Bonchev–Trinajstić information content (AvgIpc) is 2.55. The van der Waals surface area contributed by atoms with Crippen molar-refractivity contribution >= 4 is 15.5 Å². The third-order valence-electron chi connectivity index (χ3n) is 3.18. The fraction of sp³-hybridized carbons (Fsp3) is 0.500. The minimum Gasteiger partial charge on any atom is -0.384 e. The number of anilines is 1. The molecule has 0 saturated carbocycles. The highest BCUT2D eigenvalue weighted by Crippen LogP contribution is 2.37. The summed E-state index contributed by atoms with van der Waals surface area (Å²) in [4.78, 5) is 0.416. The molecular weight excluding hydrogens is 222 g/mol. The molecule has 1 aliphatic heterocycles. The molecule has 0 unspecified atom stereocenters. The van der Waals surface area contributed by atoms with Gasteiger partial charge in [0.25, 0.3) is 0 Å². The predicted octanol–water partition coefficient (Wildman–Crippen LogP) is 2.18. The maximum atomic E-state index is 11.7. The Morgan fingerprint density at radius 2 is 2.06 bits per heavy atom. The Labute approximate surface area is 96.8 Å². The van der Waals surface area contributed by atoms with E-state index >= 15 is 0 Å². The van der Waals surface area contributed by atoms with Crippen LogP contribution < -0.4 is 5.32 Å². The lowest BCUT2D eigenvalue weighted by molar-refractivity contribution is 0.585. The van der Waals surface area contributed by atoms with E-state index in [9.17, 15) is 8.42 Å². The molecule has 16 heavy (non-hydrogen) atoms. The van der Waals surface area contributed by atoms with Gasteiger partial charge in [-0.1, -0.05) is 26.8 Å². The molecule has 88 valence electrons. The second-order valence-corrected chi connectivity index (χ2v) is 7.13. The molecule has 1 aromatic rings. The summed E-state index contributed by atoms with van der Waals surface area (Å²) in [6.07, 6.45) is 0. The van der Waals surface area contributed by atoms with E-state index in [2.05, 4.69) is 19.2 Å². The van der Waals surface area contributed by atoms with E-state index in [0.717, 1.165) is 12.2 Å². The molecule has 0 atom stereocenters. The largest absolute Gasteiger partial charge is 0.384 e. The van der Waals surface area contributed by atoms with Gasteiger partial charge in [0, 0.05) is 17.6 Å². The lowest BCUT2D eigenvalue weighted by Crippen LogP contribution is -2.18. The van der Waals surface area contributed by atoms with Crippen LogP contribution in [-0.4, -0.2) is 20.7 Å². The maximum Gasteiger partial charge on any atom is 0.178 e. The first kappa shape index (κ1) is 11.5. The first-order valence-corrected chi connectivity index (χ1v) is 7.13. The second-order valence-electron chi connectivity index (χ2n) is 4.85. The molecule has 0 saturated heterocycles. The molecule has 1 aliphatic rings. The van der Waals surface area contributed by atoms with Crippen molar-refractivity contribution < 1.29 is 8.42 Å². The molecular formula is C12H17NO2S. The first-order valence-electron chi connectivity index (χ1n) is 5.48. The van der Waals surface area contributed by atoms with Crippen molar-refractivity contribution in [2.24, 2.45) is 0 Å². The van der Waals surface area contributed by atoms with Gasteiger partial charge in [-0.2, -0.15) is 0 Å². The van der Waals surface area contributed by atoms with Gasteiger partial charge >= 0.3 is 0 Å². The molecule has 0 aliphatic carbocycles. The van der Waals surface area contributed by atoms with Crippen LogP contribution in [0.5, 0.6) is 0 Å². The van der Waals surface area contributed by atoms with Crippen molar-refractivity contribution in [2.45, 2.75) is 31.1 Å². The standard InChI is InChI=1S/C12H17NO2S/c1-4-16(14,15)9-5-6-10-11(7-9)13-8-12(10,2)3/h5-7,13H,4,8H2,1-3H3. The van der Waals surface area contributed by atoms with E-state index in [0.29, 0.717) is 4.90 Å². The molecule has 0 aromatic heterocycles. The van der Waals surface area contributed by atoms with Crippen LogP contribution in [0.1, 0.15) is 26.3 Å². The molecule has 1 heterocycles. The van der Waals surface area contributed by atoms with E-state index in [4.69, 9.17) is 0 Å². The fourth-order valence-corrected chi connectivity index (χ4v) is 2.94. The van der Waals surface area contributed by atoms with E-state index in [1.165, 1.54) is 5.56 Å². The van der Waals surface area contributed by atoms with E-state index in [-0.39, 0.29) is 11.2 Å². The molecule has 0 radical (unpaired) electrons. The summed E-state index contributed by atoms with van der Waals surface area (Å²) >= 11 is 0. The minimum absolute atomic E-state index is 0.0871. The Kier molecular flexibility index (Phi) is 2.49. The van der Waals surface area contributed by atoms with E-state index < -0.39 is 9.84 Å². The highest BCUT2D eigenvalue weighted by Gasteiger charge is 2.30. The normalized spacial score (nSPS) is 17.9. The highest BCUT2D eigenvalue weighted by molar-refractivity contribution is 7.91. The van der Waals surface area contributed by atoms with Crippen LogP contribution in [-0.2, 0) is 15.3 Å². The molecule has 1 aromatic carbocycles. The van der Waals surface area contributed by atoms with E-state index in [1.54, 1.807) is 19.1 Å². The Morgan fingerprint density at radius 3 is 2.69 bits per heavy atom. The molecule has 0 bridgehead atoms. The summed E-state index contributed by atoms with van der Waals surface area (Å²) in [5.74, 6) is 0.148. The predicted molar refractivity (Wildman–Crippen MR) is 65.7 cm³/mol. The number of fused-ring (bicyclic) bond motifs is 1. The van der Waals surface area contributed by atoms with Crippen LogP contribution in [0.4, 0.5) is 5.69 Å². The Bertz CT molecular complexity index is 518. The Morgan fingerprint density at radius 1 is 1.38 bits per heavy atom.